The van der Waals surface area contributed by atoms with E-state index in [0.717, 1.165) is 10.4 Å². The lowest BCUT2D eigenvalue weighted by atomic mass is 10.00. The number of ether oxygens (including phenoxy) is 1. The highest BCUT2D eigenvalue weighted by Crippen LogP contribution is 2.70. The maximum atomic E-state index is 13.9. The van der Waals surface area contributed by atoms with Crippen molar-refractivity contribution in [2.45, 2.75) is 25.2 Å². The van der Waals surface area contributed by atoms with E-state index in [-0.39, 0.29) is 18.4 Å². The summed E-state index contributed by atoms with van der Waals surface area (Å²) in [6.07, 6.45) is -0.605. The van der Waals surface area contributed by atoms with E-state index >= 15 is 0 Å². The summed E-state index contributed by atoms with van der Waals surface area (Å²) in [6.45, 7) is 4.08. The molecule has 2 atom stereocenters. The van der Waals surface area contributed by atoms with E-state index in [1.807, 2.05) is 47.8 Å². The molecule has 3 rings (SSSR count). The molecule has 0 radical (unpaired) electrons. The second kappa shape index (κ2) is 7.56. The zero-order valence-electron chi connectivity index (χ0n) is 14.0. The van der Waals surface area contributed by atoms with Gasteiger partial charge in [-0.15, -0.1) is 11.3 Å². The summed E-state index contributed by atoms with van der Waals surface area (Å²) in [7, 11) is -3.67. The third kappa shape index (κ3) is 3.15. The Labute approximate surface area is 156 Å². The summed E-state index contributed by atoms with van der Waals surface area (Å²) in [5, 5.41) is 4.03. The molecule has 1 aliphatic rings. The van der Waals surface area contributed by atoms with Crippen LogP contribution in [0.1, 0.15) is 30.4 Å². The van der Waals surface area contributed by atoms with Gasteiger partial charge < -0.3 is 19.1 Å². The Balaban J connectivity index is 2.25. The summed E-state index contributed by atoms with van der Waals surface area (Å²) in [5.41, 5.74) is 0.749. The molecule has 5 nitrogen and oxygen atoms in total. The molecule has 25 heavy (non-hydrogen) atoms. The molecule has 2 heterocycles. The van der Waals surface area contributed by atoms with Crippen molar-refractivity contribution in [3.05, 3.63) is 58.3 Å². The first kappa shape index (κ1) is 18.5. The fourth-order valence-electron chi connectivity index (χ4n) is 3.01. The van der Waals surface area contributed by atoms with Crippen molar-refractivity contribution in [1.82, 2.24) is 5.32 Å². The molecule has 1 saturated heterocycles. The van der Waals surface area contributed by atoms with Gasteiger partial charge in [0.25, 0.3) is 5.17 Å². The second-order valence-corrected chi connectivity index (χ2v) is 8.96. The average molecular weight is 397 g/mol. The van der Waals surface area contributed by atoms with Crippen LogP contribution in [0.4, 0.5) is 0 Å². The van der Waals surface area contributed by atoms with Crippen LogP contribution in [0.2, 0.25) is 0 Å². The monoisotopic (exact) mass is 397 g/mol. The van der Waals surface area contributed by atoms with Crippen LogP contribution in [0.15, 0.2) is 47.8 Å². The normalized spacial score (nSPS) is 23.3. The van der Waals surface area contributed by atoms with Crippen molar-refractivity contribution in [2.24, 2.45) is 0 Å². The lowest BCUT2D eigenvalue weighted by Gasteiger charge is -2.38. The van der Waals surface area contributed by atoms with E-state index < -0.39 is 19.0 Å². The van der Waals surface area contributed by atoms with E-state index in [1.54, 1.807) is 13.8 Å². The van der Waals surface area contributed by atoms with Crippen molar-refractivity contribution in [1.29, 1.82) is 0 Å². The Hall–Kier alpha value is -1.24. The maximum absolute atomic E-state index is 13.9. The van der Waals surface area contributed by atoms with E-state index in [0.29, 0.717) is 0 Å². The van der Waals surface area contributed by atoms with Crippen LogP contribution in [0.5, 0.6) is 0 Å². The molecule has 0 bridgehead atoms. The number of rotatable bonds is 7. The molecule has 134 valence electrons. The first-order valence-corrected chi connectivity index (χ1v) is 10.9. The molecular weight excluding hydrogens is 377 g/mol. The van der Waals surface area contributed by atoms with E-state index in [9.17, 15) is 4.57 Å². The zero-order valence-corrected chi connectivity index (χ0v) is 16.5. The summed E-state index contributed by atoms with van der Waals surface area (Å²) in [5.74, 6) is 0. The highest BCUT2D eigenvalue weighted by Gasteiger charge is 2.64. The van der Waals surface area contributed by atoms with Crippen LogP contribution >= 0.6 is 31.2 Å². The number of nitrogens with one attached hydrogen (secondary N) is 1. The van der Waals surface area contributed by atoms with Crippen LogP contribution in [0.3, 0.4) is 0 Å². The molecule has 1 N–H and O–H groups in total. The van der Waals surface area contributed by atoms with Crippen molar-refractivity contribution in [2.75, 3.05) is 13.2 Å². The average Bonchev–Trinajstić information content (AvgIpc) is 3.24. The molecule has 0 spiro atoms. The van der Waals surface area contributed by atoms with Crippen molar-refractivity contribution >= 4 is 36.3 Å². The largest absolute Gasteiger partial charge is 0.458 e. The Morgan fingerprint density at radius 2 is 1.88 bits per heavy atom. The molecule has 8 heteroatoms. The van der Waals surface area contributed by atoms with Gasteiger partial charge in [0, 0.05) is 4.88 Å². The Morgan fingerprint density at radius 1 is 1.20 bits per heavy atom. The number of thiophene rings is 1. The lowest BCUT2D eigenvalue weighted by Crippen LogP contribution is -2.43. The first-order chi connectivity index (χ1) is 12.1. The second-order valence-electron chi connectivity index (χ2n) is 5.39. The molecule has 1 aromatic heterocycles. The first-order valence-electron chi connectivity index (χ1n) is 8.04. The third-order valence-electron chi connectivity index (χ3n) is 3.94. The van der Waals surface area contributed by atoms with Crippen LogP contribution in [-0.2, 0) is 23.6 Å². The van der Waals surface area contributed by atoms with Gasteiger partial charge in [0.15, 0.2) is 6.10 Å². The lowest BCUT2D eigenvalue weighted by molar-refractivity contribution is 0.138. The number of benzene rings is 1. The summed E-state index contributed by atoms with van der Waals surface area (Å²) in [4.78, 5) is 0.899. The topological polar surface area (TPSA) is 56.8 Å². The van der Waals surface area contributed by atoms with Gasteiger partial charge in [-0.25, -0.2) is 0 Å². The number of hydrogen-bond donors (Lipinski definition) is 1. The van der Waals surface area contributed by atoms with Crippen molar-refractivity contribution in [3.63, 3.8) is 0 Å². The van der Waals surface area contributed by atoms with Gasteiger partial charge in [-0.3, -0.25) is 4.57 Å². The van der Waals surface area contributed by atoms with Gasteiger partial charge in [-0.2, -0.15) is 0 Å². The molecular formula is C17H20NO4PS2. The Morgan fingerprint density at radius 3 is 2.44 bits per heavy atom. The van der Waals surface area contributed by atoms with Crippen molar-refractivity contribution < 1.29 is 18.3 Å². The van der Waals surface area contributed by atoms with E-state index in [1.165, 1.54) is 11.3 Å². The van der Waals surface area contributed by atoms with Gasteiger partial charge >= 0.3 is 7.60 Å². The van der Waals surface area contributed by atoms with Gasteiger partial charge in [-0.05, 0) is 43.1 Å². The fourth-order valence-corrected chi connectivity index (χ4v) is 6.60. The number of thiocarbonyl (C=S) groups is 1. The zero-order chi connectivity index (χ0) is 17.9. The Kier molecular flexibility index (Phi) is 5.61. The van der Waals surface area contributed by atoms with Crippen molar-refractivity contribution in [3.8, 4) is 0 Å². The van der Waals surface area contributed by atoms with Crippen LogP contribution in [0, 0.1) is 0 Å². The van der Waals surface area contributed by atoms with Crippen LogP contribution in [0.25, 0.3) is 0 Å². The molecule has 0 aliphatic carbocycles. The fraction of sp³-hybridized carbons (Fsp3) is 0.353. The van der Waals surface area contributed by atoms with Gasteiger partial charge in [0.2, 0.25) is 5.28 Å². The predicted molar refractivity (Wildman–Crippen MR) is 103 cm³/mol. The minimum atomic E-state index is -3.67. The van der Waals surface area contributed by atoms with Crippen LogP contribution < -0.4 is 5.32 Å². The molecule has 1 aliphatic heterocycles. The molecule has 1 fully saturated rings. The maximum Gasteiger partial charge on any atom is 0.364 e. The SMILES string of the molecule is CCOP(=O)(OCC)[C@@]1(c2ccccc2)NC(=S)O[C@@H]1c1cccs1. The van der Waals surface area contributed by atoms with Gasteiger partial charge in [-0.1, -0.05) is 36.4 Å². The highest BCUT2D eigenvalue weighted by atomic mass is 32.1. The molecule has 0 unspecified atom stereocenters. The molecule has 1 aromatic carbocycles. The summed E-state index contributed by atoms with van der Waals surface area (Å²) < 4.78 is 31.3. The predicted octanol–water partition coefficient (Wildman–Crippen LogP) is 4.81. The molecule has 0 amide bonds. The minimum absolute atomic E-state index is 0.182. The standard InChI is InChI=1S/C17H20NO4PS2/c1-3-20-23(19,21-4-2)17(13-9-6-5-7-10-13)15(22-16(24)18-17)14-11-8-12-25-14/h5-12,15H,3-4H2,1-2H3,(H,18,24)/t15-,17-/m1/s1. The summed E-state index contributed by atoms with van der Waals surface area (Å²) >= 11 is 6.81. The smallest absolute Gasteiger partial charge is 0.364 e. The molecule has 2 aromatic rings. The quantitative estimate of drug-likeness (QED) is 0.534. The van der Waals surface area contributed by atoms with Gasteiger partial charge in [0.05, 0.1) is 13.2 Å². The summed E-state index contributed by atoms with van der Waals surface area (Å²) in [6, 6.07) is 13.3. The van der Waals surface area contributed by atoms with E-state index in [4.69, 9.17) is 26.0 Å². The Bertz CT molecular complexity index is 758. The molecule has 0 saturated carbocycles. The highest BCUT2D eigenvalue weighted by molar-refractivity contribution is 7.80. The van der Waals surface area contributed by atoms with Gasteiger partial charge in [0.1, 0.15) is 0 Å². The van der Waals surface area contributed by atoms with Crippen LogP contribution in [-0.4, -0.2) is 18.4 Å². The third-order valence-corrected chi connectivity index (χ3v) is 7.72. The minimum Gasteiger partial charge on any atom is -0.458 e. The van der Waals surface area contributed by atoms with E-state index in [2.05, 4.69) is 5.32 Å². The number of hydrogen-bond acceptors (Lipinski definition) is 6.